The fourth-order valence-electron chi connectivity index (χ4n) is 4.01. The van der Waals surface area contributed by atoms with Gasteiger partial charge in [-0.2, -0.15) is 0 Å². The molecule has 1 fully saturated rings. The number of nitrogens with zero attached hydrogens (tertiary/aromatic N) is 3. The summed E-state index contributed by atoms with van der Waals surface area (Å²) in [5.74, 6) is 0.297. The number of carbonyl (C=O) groups excluding carboxylic acids is 2. The molecule has 33 heavy (non-hydrogen) atoms. The minimum absolute atomic E-state index is 0.0808. The molecule has 0 bridgehead atoms. The highest BCUT2D eigenvalue weighted by Gasteiger charge is 2.25. The minimum Gasteiger partial charge on any atom is -0.369 e. The van der Waals surface area contributed by atoms with Crippen molar-refractivity contribution in [1.82, 2.24) is 14.5 Å². The number of para-hydroxylation sites is 1. The third-order valence-corrected chi connectivity index (χ3v) is 7.09. The summed E-state index contributed by atoms with van der Waals surface area (Å²) in [5, 5.41) is 1.64. The molecule has 1 aromatic heterocycles. The molecule has 2 N–H and O–H groups in total. The molecule has 4 rings (SSSR count). The van der Waals surface area contributed by atoms with Crippen molar-refractivity contribution in [3.8, 4) is 5.69 Å². The zero-order chi connectivity index (χ0) is 23.4. The van der Waals surface area contributed by atoms with E-state index in [2.05, 4.69) is 0 Å². The second-order valence-corrected chi connectivity index (χ2v) is 9.54. The molecule has 9 heteroatoms. The maximum atomic E-state index is 13.3. The van der Waals surface area contributed by atoms with E-state index in [1.54, 1.807) is 33.7 Å². The van der Waals surface area contributed by atoms with E-state index >= 15 is 0 Å². The van der Waals surface area contributed by atoms with Crippen molar-refractivity contribution < 1.29 is 9.59 Å². The van der Waals surface area contributed by atoms with Crippen LogP contribution < -0.4 is 11.3 Å². The monoisotopic (exact) mass is 484 g/mol. The minimum atomic E-state index is -0.285. The Morgan fingerprint density at radius 1 is 1.12 bits per heavy atom. The standard InChI is InChI=1S/C24H25ClN4O3S/c25-17-5-3-6-18(15-17)29-23(32)19-7-1-2-8-20(19)27-24(29)33-14-4-9-21(30)28-12-10-16(11-13-28)22(26)31/h1-3,5-8,15-16H,4,9-14H2,(H2,26,31). The van der Waals surface area contributed by atoms with Gasteiger partial charge in [-0.1, -0.05) is 41.6 Å². The quantitative estimate of drug-likeness (QED) is 0.313. The molecule has 1 saturated heterocycles. The van der Waals surface area contributed by atoms with Crippen LogP contribution in [0.4, 0.5) is 0 Å². The van der Waals surface area contributed by atoms with Crippen LogP contribution in [0, 0.1) is 5.92 Å². The predicted octanol–water partition coefficient (Wildman–Crippen LogP) is 3.64. The second kappa shape index (κ2) is 10.4. The van der Waals surface area contributed by atoms with Gasteiger partial charge in [0.05, 0.1) is 16.6 Å². The molecule has 3 aromatic rings. The van der Waals surface area contributed by atoms with E-state index in [4.69, 9.17) is 22.3 Å². The molecule has 1 aliphatic rings. The molecule has 0 atom stereocenters. The molecule has 7 nitrogen and oxygen atoms in total. The van der Waals surface area contributed by atoms with E-state index in [0.717, 1.165) is 0 Å². The van der Waals surface area contributed by atoms with Crippen LogP contribution in [0.5, 0.6) is 0 Å². The molecule has 0 radical (unpaired) electrons. The van der Waals surface area contributed by atoms with Crippen LogP contribution >= 0.6 is 23.4 Å². The number of nitrogens with two attached hydrogens (primary N) is 1. The Labute approximate surface area is 200 Å². The van der Waals surface area contributed by atoms with Gasteiger partial charge in [0, 0.05) is 36.2 Å². The lowest BCUT2D eigenvalue weighted by Gasteiger charge is -2.30. The van der Waals surface area contributed by atoms with Gasteiger partial charge >= 0.3 is 0 Å². The molecule has 2 heterocycles. The zero-order valence-corrected chi connectivity index (χ0v) is 19.6. The number of piperidine rings is 1. The van der Waals surface area contributed by atoms with Gasteiger partial charge in [-0.25, -0.2) is 4.98 Å². The molecule has 0 saturated carbocycles. The zero-order valence-electron chi connectivity index (χ0n) is 18.1. The SMILES string of the molecule is NC(=O)C1CCN(C(=O)CCCSc2nc3ccccc3c(=O)n2-c2cccc(Cl)c2)CC1. The number of carbonyl (C=O) groups is 2. The smallest absolute Gasteiger partial charge is 0.266 e. The van der Waals surface area contributed by atoms with Crippen molar-refractivity contribution in [1.29, 1.82) is 0 Å². The number of primary amides is 1. The summed E-state index contributed by atoms with van der Waals surface area (Å²) >= 11 is 7.62. The average Bonchev–Trinajstić information content (AvgIpc) is 2.82. The van der Waals surface area contributed by atoms with E-state index in [1.165, 1.54) is 11.8 Å². The number of fused-ring (bicyclic) bond motifs is 1. The van der Waals surface area contributed by atoms with Crippen LogP contribution in [0.25, 0.3) is 16.6 Å². The van der Waals surface area contributed by atoms with Crippen LogP contribution in [0.1, 0.15) is 25.7 Å². The van der Waals surface area contributed by atoms with Crippen molar-refractivity contribution in [2.75, 3.05) is 18.8 Å². The van der Waals surface area contributed by atoms with Crippen molar-refractivity contribution in [2.45, 2.75) is 30.8 Å². The summed E-state index contributed by atoms with van der Waals surface area (Å²) in [7, 11) is 0. The molecule has 1 aliphatic heterocycles. The average molecular weight is 485 g/mol. The highest BCUT2D eigenvalue weighted by Crippen LogP contribution is 2.24. The predicted molar refractivity (Wildman–Crippen MR) is 131 cm³/mol. The van der Waals surface area contributed by atoms with Gasteiger partial charge < -0.3 is 10.6 Å². The summed E-state index contributed by atoms with van der Waals surface area (Å²) < 4.78 is 1.58. The number of aromatic nitrogens is 2. The Morgan fingerprint density at radius 2 is 1.88 bits per heavy atom. The van der Waals surface area contributed by atoms with E-state index in [-0.39, 0.29) is 23.3 Å². The van der Waals surface area contributed by atoms with Crippen molar-refractivity contribution in [3.05, 3.63) is 63.9 Å². The van der Waals surface area contributed by atoms with Gasteiger partial charge in [-0.3, -0.25) is 19.0 Å². The number of hydrogen-bond donors (Lipinski definition) is 1. The van der Waals surface area contributed by atoms with E-state index in [1.807, 2.05) is 24.3 Å². The largest absolute Gasteiger partial charge is 0.369 e. The molecule has 0 unspecified atom stereocenters. The summed E-state index contributed by atoms with van der Waals surface area (Å²) in [6.07, 6.45) is 2.31. The Kier molecular flexibility index (Phi) is 7.35. The van der Waals surface area contributed by atoms with Crippen molar-refractivity contribution in [2.24, 2.45) is 11.7 Å². The highest BCUT2D eigenvalue weighted by atomic mass is 35.5. The molecule has 172 valence electrons. The number of likely N-dealkylation sites (tertiary alicyclic amines) is 1. The molecule has 2 aromatic carbocycles. The molecule has 2 amide bonds. The van der Waals surface area contributed by atoms with E-state index in [0.29, 0.717) is 71.3 Å². The molecule has 0 aliphatic carbocycles. The first-order valence-corrected chi connectivity index (χ1v) is 12.3. The summed E-state index contributed by atoms with van der Waals surface area (Å²) in [6, 6.07) is 14.4. The van der Waals surface area contributed by atoms with Gasteiger partial charge in [0.25, 0.3) is 5.56 Å². The lowest BCUT2D eigenvalue weighted by molar-refractivity contribution is -0.134. The third-order valence-electron chi connectivity index (χ3n) is 5.83. The van der Waals surface area contributed by atoms with Gasteiger partial charge in [0.1, 0.15) is 0 Å². The van der Waals surface area contributed by atoms with Crippen LogP contribution in [-0.2, 0) is 9.59 Å². The van der Waals surface area contributed by atoms with Gasteiger partial charge in [-0.05, 0) is 49.6 Å². The summed E-state index contributed by atoms with van der Waals surface area (Å²) in [4.78, 5) is 43.6. The van der Waals surface area contributed by atoms with Crippen LogP contribution in [0.15, 0.2) is 58.5 Å². The molecular formula is C24H25ClN4O3S. The molecular weight excluding hydrogens is 460 g/mol. The van der Waals surface area contributed by atoms with E-state index in [9.17, 15) is 14.4 Å². The fraction of sp³-hybridized carbons (Fsp3) is 0.333. The second-order valence-electron chi connectivity index (χ2n) is 8.04. The Bertz CT molecular complexity index is 1240. The summed E-state index contributed by atoms with van der Waals surface area (Å²) in [6.45, 7) is 1.14. The Balaban J connectivity index is 1.45. The Hall–Kier alpha value is -2.84. The van der Waals surface area contributed by atoms with Crippen molar-refractivity contribution in [3.63, 3.8) is 0 Å². The van der Waals surface area contributed by atoms with Crippen LogP contribution in [0.3, 0.4) is 0 Å². The maximum absolute atomic E-state index is 13.3. The lowest BCUT2D eigenvalue weighted by Crippen LogP contribution is -2.41. The number of amides is 2. The number of thioether (sulfide) groups is 1. The van der Waals surface area contributed by atoms with Crippen molar-refractivity contribution >= 4 is 46.1 Å². The molecule has 0 spiro atoms. The Morgan fingerprint density at radius 3 is 2.61 bits per heavy atom. The first-order valence-electron chi connectivity index (χ1n) is 10.9. The highest BCUT2D eigenvalue weighted by molar-refractivity contribution is 7.99. The lowest BCUT2D eigenvalue weighted by atomic mass is 9.96. The maximum Gasteiger partial charge on any atom is 0.266 e. The number of hydrogen-bond acceptors (Lipinski definition) is 5. The van der Waals surface area contributed by atoms with E-state index < -0.39 is 0 Å². The topological polar surface area (TPSA) is 98.3 Å². The normalized spacial score (nSPS) is 14.5. The number of rotatable bonds is 7. The fourth-order valence-corrected chi connectivity index (χ4v) is 5.15. The van der Waals surface area contributed by atoms with Gasteiger partial charge in [0.2, 0.25) is 11.8 Å². The van der Waals surface area contributed by atoms with Crippen LogP contribution in [-0.4, -0.2) is 45.1 Å². The first-order chi connectivity index (χ1) is 15.9. The van der Waals surface area contributed by atoms with Crippen LogP contribution in [0.2, 0.25) is 5.02 Å². The number of benzene rings is 2. The summed E-state index contributed by atoms with van der Waals surface area (Å²) in [5.41, 5.74) is 6.50. The van der Waals surface area contributed by atoms with Gasteiger partial charge in [-0.15, -0.1) is 0 Å². The number of halogens is 1. The van der Waals surface area contributed by atoms with Gasteiger partial charge in [0.15, 0.2) is 5.16 Å². The third kappa shape index (κ3) is 5.39. The first kappa shape index (κ1) is 23.3.